The first-order chi connectivity index (χ1) is 5.25. The van der Waals surface area contributed by atoms with Gasteiger partial charge >= 0.3 is 5.97 Å². The fourth-order valence-corrected chi connectivity index (χ4v) is 1.15. The van der Waals surface area contributed by atoms with Crippen LogP contribution in [0.15, 0.2) is 12.2 Å². The van der Waals surface area contributed by atoms with E-state index in [-0.39, 0.29) is 11.9 Å². The van der Waals surface area contributed by atoms with E-state index in [1.807, 2.05) is 6.92 Å². The molecule has 0 amide bonds. The van der Waals surface area contributed by atoms with Gasteiger partial charge in [0.05, 0.1) is 18.6 Å². The minimum absolute atomic E-state index is 0.282. The Hall–Kier alpha value is -0.830. The first-order valence-corrected chi connectivity index (χ1v) is 3.73. The average molecular weight is 156 g/mol. The van der Waals surface area contributed by atoms with E-state index >= 15 is 0 Å². The number of ether oxygens (including phenoxy) is 1. The number of aliphatic hydroxyl groups excluding tert-OH is 1. The minimum Gasteiger partial charge on any atom is -0.465 e. The van der Waals surface area contributed by atoms with Crippen LogP contribution in [0.5, 0.6) is 0 Å². The predicted octanol–water partition coefficient (Wildman–Crippen LogP) is 0.486. The van der Waals surface area contributed by atoms with Crippen molar-refractivity contribution in [3.8, 4) is 0 Å². The molecule has 1 aliphatic heterocycles. The lowest BCUT2D eigenvalue weighted by molar-refractivity contribution is -0.143. The van der Waals surface area contributed by atoms with Crippen molar-refractivity contribution >= 4 is 5.97 Å². The fraction of sp³-hybridized carbons (Fsp3) is 0.625. The molecular formula is C8H12O3. The quantitative estimate of drug-likeness (QED) is 0.467. The molecule has 0 aliphatic carbocycles. The molecule has 0 aromatic carbocycles. The first kappa shape index (κ1) is 8.27. The Morgan fingerprint density at radius 1 is 1.82 bits per heavy atom. The molecule has 0 spiro atoms. The lowest BCUT2D eigenvalue weighted by Gasteiger charge is -2.08. The van der Waals surface area contributed by atoms with E-state index in [1.54, 1.807) is 12.2 Å². The van der Waals surface area contributed by atoms with Crippen LogP contribution in [0.3, 0.4) is 0 Å². The van der Waals surface area contributed by atoms with Gasteiger partial charge in [0, 0.05) is 0 Å². The Morgan fingerprint density at radius 3 is 3.00 bits per heavy atom. The number of esters is 1. The Kier molecular flexibility index (Phi) is 2.65. The molecule has 0 saturated carbocycles. The van der Waals surface area contributed by atoms with Gasteiger partial charge in [0.2, 0.25) is 0 Å². The third kappa shape index (κ3) is 1.80. The largest absolute Gasteiger partial charge is 0.465 e. The summed E-state index contributed by atoms with van der Waals surface area (Å²) in [5, 5.41) is 9.33. The van der Waals surface area contributed by atoms with Gasteiger partial charge in [-0.3, -0.25) is 4.79 Å². The normalized spacial score (nSPS) is 27.5. The maximum atomic E-state index is 10.9. The summed E-state index contributed by atoms with van der Waals surface area (Å²) >= 11 is 0. The number of cyclic esters (lactones) is 1. The Morgan fingerprint density at radius 2 is 2.55 bits per heavy atom. The number of hydrogen-bond acceptors (Lipinski definition) is 3. The van der Waals surface area contributed by atoms with E-state index < -0.39 is 6.10 Å². The molecule has 1 heterocycles. The zero-order valence-electron chi connectivity index (χ0n) is 6.49. The lowest BCUT2D eigenvalue weighted by Crippen LogP contribution is -2.22. The summed E-state index contributed by atoms with van der Waals surface area (Å²) in [6.07, 6.45) is 3.30. The van der Waals surface area contributed by atoms with Gasteiger partial charge in [-0.1, -0.05) is 12.2 Å². The van der Waals surface area contributed by atoms with Crippen LogP contribution in [0.25, 0.3) is 0 Å². The van der Waals surface area contributed by atoms with Gasteiger partial charge in [-0.15, -0.1) is 0 Å². The molecule has 1 aliphatic rings. The summed E-state index contributed by atoms with van der Waals surface area (Å²) in [5.74, 6) is -0.623. The highest BCUT2D eigenvalue weighted by molar-refractivity contribution is 5.75. The van der Waals surface area contributed by atoms with Gasteiger partial charge in [0.15, 0.2) is 0 Å². The second-order valence-electron chi connectivity index (χ2n) is 2.58. The molecule has 11 heavy (non-hydrogen) atoms. The van der Waals surface area contributed by atoms with E-state index in [0.717, 1.165) is 0 Å². The van der Waals surface area contributed by atoms with Crippen molar-refractivity contribution in [3.05, 3.63) is 12.2 Å². The van der Waals surface area contributed by atoms with Crippen LogP contribution < -0.4 is 0 Å². The molecule has 3 heteroatoms. The molecule has 1 rings (SSSR count). The second-order valence-corrected chi connectivity index (χ2v) is 2.58. The van der Waals surface area contributed by atoms with E-state index in [9.17, 15) is 9.90 Å². The van der Waals surface area contributed by atoms with Gasteiger partial charge in [-0.05, 0) is 13.3 Å². The summed E-state index contributed by atoms with van der Waals surface area (Å²) in [6.45, 7) is 2.25. The van der Waals surface area contributed by atoms with Gasteiger partial charge in [0.25, 0.3) is 0 Å². The molecule has 1 fully saturated rings. The van der Waals surface area contributed by atoms with Gasteiger partial charge in [-0.25, -0.2) is 0 Å². The van der Waals surface area contributed by atoms with E-state index in [1.165, 1.54) is 0 Å². The monoisotopic (exact) mass is 156 g/mol. The van der Waals surface area contributed by atoms with Crippen LogP contribution in [0, 0.1) is 5.92 Å². The number of aliphatic hydroxyl groups is 1. The maximum Gasteiger partial charge on any atom is 0.312 e. The highest BCUT2D eigenvalue weighted by Gasteiger charge is 2.31. The molecule has 0 radical (unpaired) electrons. The summed E-state index contributed by atoms with van der Waals surface area (Å²) in [7, 11) is 0. The Labute approximate surface area is 65.7 Å². The Balaban J connectivity index is 2.52. The van der Waals surface area contributed by atoms with Gasteiger partial charge in [-0.2, -0.15) is 0 Å². The number of carbonyl (C=O) groups is 1. The molecule has 0 bridgehead atoms. The standard InChI is InChI=1S/C8H12O3/c1-2-3-7(9)6-4-5-11-8(6)10/h2-3,6-7,9H,4-5H2,1H3/b3-2+/t6-,7-/m0/s1. The molecule has 1 N–H and O–H groups in total. The smallest absolute Gasteiger partial charge is 0.312 e. The summed E-state index contributed by atoms with van der Waals surface area (Å²) in [4.78, 5) is 10.9. The molecule has 1 saturated heterocycles. The third-order valence-corrected chi connectivity index (χ3v) is 1.78. The van der Waals surface area contributed by atoms with Crippen LogP contribution in [-0.4, -0.2) is 23.8 Å². The zero-order chi connectivity index (χ0) is 8.27. The van der Waals surface area contributed by atoms with Crippen LogP contribution in [0.4, 0.5) is 0 Å². The molecule has 3 nitrogen and oxygen atoms in total. The van der Waals surface area contributed by atoms with Crippen molar-refractivity contribution < 1.29 is 14.6 Å². The number of allylic oxidation sites excluding steroid dienone is 1. The zero-order valence-corrected chi connectivity index (χ0v) is 6.49. The molecule has 2 atom stereocenters. The SMILES string of the molecule is C/C=C/[C@H](O)[C@@H]1CCOC1=O. The van der Waals surface area contributed by atoms with Crippen molar-refractivity contribution in [2.45, 2.75) is 19.4 Å². The van der Waals surface area contributed by atoms with Crippen molar-refractivity contribution in [2.75, 3.05) is 6.61 Å². The molecule has 0 unspecified atom stereocenters. The molecular weight excluding hydrogens is 144 g/mol. The van der Waals surface area contributed by atoms with Gasteiger partial charge < -0.3 is 9.84 Å². The number of carbonyl (C=O) groups excluding carboxylic acids is 1. The minimum atomic E-state index is -0.671. The van der Waals surface area contributed by atoms with Crippen LogP contribution >= 0.6 is 0 Å². The number of rotatable bonds is 2. The fourth-order valence-electron chi connectivity index (χ4n) is 1.15. The third-order valence-electron chi connectivity index (χ3n) is 1.78. The van der Waals surface area contributed by atoms with Crippen LogP contribution in [0.1, 0.15) is 13.3 Å². The van der Waals surface area contributed by atoms with E-state index in [4.69, 9.17) is 4.74 Å². The highest BCUT2D eigenvalue weighted by atomic mass is 16.5. The summed E-state index contributed by atoms with van der Waals surface area (Å²) in [5.41, 5.74) is 0. The van der Waals surface area contributed by atoms with Crippen LogP contribution in [0.2, 0.25) is 0 Å². The van der Waals surface area contributed by atoms with Crippen molar-refractivity contribution in [1.29, 1.82) is 0 Å². The lowest BCUT2D eigenvalue weighted by atomic mass is 10.0. The van der Waals surface area contributed by atoms with Gasteiger partial charge in [0.1, 0.15) is 0 Å². The first-order valence-electron chi connectivity index (χ1n) is 3.73. The Bertz CT molecular complexity index is 174. The van der Waals surface area contributed by atoms with E-state index in [0.29, 0.717) is 13.0 Å². The molecule has 0 aromatic heterocycles. The molecule has 62 valence electrons. The highest BCUT2D eigenvalue weighted by Crippen LogP contribution is 2.18. The predicted molar refractivity (Wildman–Crippen MR) is 39.9 cm³/mol. The van der Waals surface area contributed by atoms with Crippen molar-refractivity contribution in [1.82, 2.24) is 0 Å². The van der Waals surface area contributed by atoms with E-state index in [2.05, 4.69) is 0 Å². The topological polar surface area (TPSA) is 46.5 Å². The average Bonchev–Trinajstić information content (AvgIpc) is 2.36. The summed E-state index contributed by atoms with van der Waals surface area (Å²) < 4.78 is 4.70. The maximum absolute atomic E-state index is 10.9. The number of hydrogen-bond donors (Lipinski definition) is 1. The van der Waals surface area contributed by atoms with Crippen LogP contribution in [-0.2, 0) is 9.53 Å². The molecule has 0 aromatic rings. The van der Waals surface area contributed by atoms with Crippen molar-refractivity contribution in [2.24, 2.45) is 5.92 Å². The van der Waals surface area contributed by atoms with Crippen molar-refractivity contribution in [3.63, 3.8) is 0 Å². The summed E-state index contributed by atoms with van der Waals surface area (Å²) in [6, 6.07) is 0. The second kappa shape index (κ2) is 3.53.